The smallest absolute Gasteiger partial charge is 0.272 e. The minimum absolute atomic E-state index is 0.0221. The number of thioether (sulfide) groups is 1. The Balaban J connectivity index is 1.27. The highest BCUT2D eigenvalue weighted by atomic mass is 32.2. The molecule has 0 aliphatic carbocycles. The number of methoxy groups -OCH3 is 1. The van der Waals surface area contributed by atoms with Crippen LogP contribution in [0.4, 0.5) is 15.2 Å². The number of anilines is 2. The summed E-state index contributed by atoms with van der Waals surface area (Å²) in [5.41, 5.74) is 2.98. The van der Waals surface area contributed by atoms with Crippen molar-refractivity contribution in [2.75, 3.05) is 17.7 Å². The van der Waals surface area contributed by atoms with Crippen LogP contribution in [0, 0.1) is 5.82 Å². The van der Waals surface area contributed by atoms with Crippen molar-refractivity contribution in [3.63, 3.8) is 0 Å². The third kappa shape index (κ3) is 9.15. The zero-order valence-corrected chi connectivity index (χ0v) is 27.2. The molecule has 0 aliphatic rings. The molecule has 0 saturated carbocycles. The molecule has 1 heterocycles. The van der Waals surface area contributed by atoms with Gasteiger partial charge in [0.25, 0.3) is 11.8 Å². The molecule has 47 heavy (non-hydrogen) atoms. The van der Waals surface area contributed by atoms with E-state index in [0.29, 0.717) is 28.4 Å². The molecule has 3 N–H and O–H groups in total. The first kappa shape index (κ1) is 33.1. The van der Waals surface area contributed by atoms with Crippen LogP contribution in [0.15, 0.2) is 119 Å². The van der Waals surface area contributed by atoms with Crippen molar-refractivity contribution in [2.24, 2.45) is 0 Å². The van der Waals surface area contributed by atoms with Gasteiger partial charge in [-0.05, 0) is 72.7 Å². The fourth-order valence-electron chi connectivity index (χ4n) is 4.43. The summed E-state index contributed by atoms with van der Waals surface area (Å²) >= 11 is 2.70. The number of hydrogen-bond acceptors (Lipinski definition) is 7. The molecule has 0 spiro atoms. The van der Waals surface area contributed by atoms with E-state index in [1.165, 1.54) is 53.4 Å². The van der Waals surface area contributed by atoms with Crippen LogP contribution in [-0.4, -0.2) is 35.1 Å². The first-order valence-corrected chi connectivity index (χ1v) is 16.4. The van der Waals surface area contributed by atoms with Crippen molar-refractivity contribution in [2.45, 2.75) is 23.5 Å². The third-order valence-electron chi connectivity index (χ3n) is 6.84. The van der Waals surface area contributed by atoms with Gasteiger partial charge in [-0.3, -0.25) is 14.4 Å². The number of rotatable bonds is 12. The number of nitrogens with one attached hydrogen (secondary N) is 3. The van der Waals surface area contributed by atoms with Gasteiger partial charge in [-0.25, -0.2) is 9.37 Å². The SMILES string of the molecule is CCC(Sc1cccc(NC(=O)/C(=C/c2ccc(F)cc2)NC(=O)c2ccccc2)c1)C(=O)Nc1nc(-c2cccc(OC)c2)cs1. The predicted molar refractivity (Wildman–Crippen MR) is 186 cm³/mol. The van der Waals surface area contributed by atoms with Gasteiger partial charge in [0, 0.05) is 27.1 Å². The van der Waals surface area contributed by atoms with E-state index >= 15 is 0 Å². The number of benzene rings is 4. The number of carbonyl (C=O) groups is 3. The van der Waals surface area contributed by atoms with Crippen molar-refractivity contribution in [3.8, 4) is 17.0 Å². The lowest BCUT2D eigenvalue weighted by Gasteiger charge is -2.15. The van der Waals surface area contributed by atoms with Gasteiger partial charge in [-0.2, -0.15) is 0 Å². The zero-order valence-electron chi connectivity index (χ0n) is 25.5. The van der Waals surface area contributed by atoms with E-state index in [4.69, 9.17) is 4.74 Å². The second-order valence-corrected chi connectivity index (χ2v) is 12.3. The normalized spacial score (nSPS) is 11.8. The molecule has 5 rings (SSSR count). The number of ether oxygens (including phenoxy) is 1. The van der Waals surface area contributed by atoms with Gasteiger partial charge in [0.05, 0.1) is 18.1 Å². The van der Waals surface area contributed by atoms with E-state index in [2.05, 4.69) is 20.9 Å². The molecule has 3 amide bonds. The summed E-state index contributed by atoms with van der Waals surface area (Å²) in [7, 11) is 1.61. The molecular weight excluding hydrogens is 636 g/mol. The molecule has 8 nitrogen and oxygen atoms in total. The first-order chi connectivity index (χ1) is 22.8. The van der Waals surface area contributed by atoms with Crippen molar-refractivity contribution < 1.29 is 23.5 Å². The van der Waals surface area contributed by atoms with E-state index in [1.807, 2.05) is 42.6 Å². The molecule has 1 unspecified atom stereocenters. The van der Waals surface area contributed by atoms with Crippen molar-refractivity contribution in [1.82, 2.24) is 10.3 Å². The van der Waals surface area contributed by atoms with E-state index in [0.717, 1.165) is 21.9 Å². The van der Waals surface area contributed by atoms with Crippen LogP contribution >= 0.6 is 23.1 Å². The fraction of sp³-hybridized carbons (Fsp3) is 0.111. The van der Waals surface area contributed by atoms with Gasteiger partial charge in [-0.1, -0.05) is 55.5 Å². The number of amides is 3. The fourth-order valence-corrected chi connectivity index (χ4v) is 6.17. The summed E-state index contributed by atoms with van der Waals surface area (Å²) in [6.07, 6.45) is 2.03. The monoisotopic (exact) mass is 666 g/mol. The lowest BCUT2D eigenvalue weighted by molar-refractivity contribution is -0.116. The maximum atomic E-state index is 13.5. The van der Waals surface area contributed by atoms with Crippen molar-refractivity contribution in [1.29, 1.82) is 0 Å². The molecule has 0 fully saturated rings. The largest absolute Gasteiger partial charge is 0.497 e. The molecule has 4 aromatic carbocycles. The Kier molecular flexibility index (Phi) is 11.2. The van der Waals surface area contributed by atoms with Gasteiger partial charge >= 0.3 is 0 Å². The second kappa shape index (κ2) is 15.8. The van der Waals surface area contributed by atoms with Crippen molar-refractivity contribution >= 4 is 57.7 Å². The first-order valence-electron chi connectivity index (χ1n) is 14.6. The Morgan fingerprint density at radius 1 is 0.936 bits per heavy atom. The van der Waals surface area contributed by atoms with Gasteiger partial charge in [0.1, 0.15) is 17.3 Å². The molecule has 5 aromatic rings. The summed E-state index contributed by atoms with van der Waals surface area (Å²) in [6.45, 7) is 1.92. The van der Waals surface area contributed by atoms with E-state index < -0.39 is 22.9 Å². The number of halogens is 1. The standard InChI is InChI=1S/C36H31FN4O4S2/c1-3-32(35(44)41-36-40-31(22-46-36)25-11-7-13-28(20-25)45-2)47-29-14-8-12-27(21-29)38-34(43)30(19-23-15-17-26(37)18-16-23)39-33(42)24-9-5-4-6-10-24/h4-22,32H,3H2,1-2H3,(H,38,43)(H,39,42)(H,40,41,44)/b30-19-. The molecular formula is C36H31FN4O4S2. The Morgan fingerprint density at radius 2 is 1.70 bits per heavy atom. The highest BCUT2D eigenvalue weighted by molar-refractivity contribution is 8.00. The average molecular weight is 667 g/mol. The van der Waals surface area contributed by atoms with Crippen LogP contribution in [0.1, 0.15) is 29.3 Å². The average Bonchev–Trinajstić information content (AvgIpc) is 3.56. The lowest BCUT2D eigenvalue weighted by atomic mass is 10.1. The molecule has 0 aliphatic heterocycles. The number of nitrogens with zero attached hydrogens (tertiary/aromatic N) is 1. The van der Waals surface area contributed by atoms with Gasteiger partial charge in [-0.15, -0.1) is 23.1 Å². The van der Waals surface area contributed by atoms with E-state index in [9.17, 15) is 18.8 Å². The van der Waals surface area contributed by atoms with Crippen LogP contribution in [-0.2, 0) is 9.59 Å². The highest BCUT2D eigenvalue weighted by Gasteiger charge is 2.21. The summed E-state index contributed by atoms with van der Waals surface area (Å²) in [4.78, 5) is 44.9. The molecule has 11 heteroatoms. The minimum atomic E-state index is -0.568. The van der Waals surface area contributed by atoms with Gasteiger partial charge < -0.3 is 20.7 Å². The molecule has 1 atom stereocenters. The number of hydrogen-bond donors (Lipinski definition) is 3. The summed E-state index contributed by atoms with van der Waals surface area (Å²) in [6, 6.07) is 28.7. The third-order valence-corrected chi connectivity index (χ3v) is 8.96. The molecule has 0 radical (unpaired) electrons. The maximum absolute atomic E-state index is 13.5. The number of carbonyl (C=O) groups excluding carboxylic acids is 3. The van der Waals surface area contributed by atoms with Gasteiger partial charge in [0.15, 0.2) is 5.13 Å². The Morgan fingerprint density at radius 3 is 2.45 bits per heavy atom. The van der Waals surface area contributed by atoms with Crippen LogP contribution in [0.5, 0.6) is 5.75 Å². The Hall–Kier alpha value is -5.26. The maximum Gasteiger partial charge on any atom is 0.272 e. The van der Waals surface area contributed by atoms with Crippen LogP contribution in [0.25, 0.3) is 17.3 Å². The number of thiazole rings is 1. The number of aromatic nitrogens is 1. The zero-order chi connectivity index (χ0) is 33.2. The quantitative estimate of drug-likeness (QED) is 0.0924. The lowest BCUT2D eigenvalue weighted by Crippen LogP contribution is -2.30. The predicted octanol–water partition coefficient (Wildman–Crippen LogP) is 7.88. The molecule has 0 bridgehead atoms. The van der Waals surface area contributed by atoms with E-state index in [1.54, 1.807) is 55.6 Å². The van der Waals surface area contributed by atoms with Crippen molar-refractivity contribution in [3.05, 3.63) is 131 Å². The van der Waals surface area contributed by atoms with Crippen LogP contribution in [0.2, 0.25) is 0 Å². The molecule has 238 valence electrons. The Bertz CT molecular complexity index is 1890. The topological polar surface area (TPSA) is 109 Å². The summed E-state index contributed by atoms with van der Waals surface area (Å²) < 4.78 is 18.8. The molecule has 0 saturated heterocycles. The minimum Gasteiger partial charge on any atom is -0.497 e. The van der Waals surface area contributed by atoms with Gasteiger partial charge in [0.2, 0.25) is 5.91 Å². The highest BCUT2D eigenvalue weighted by Crippen LogP contribution is 2.31. The second-order valence-electron chi connectivity index (χ2n) is 10.2. The summed E-state index contributed by atoms with van der Waals surface area (Å²) in [5, 5.41) is 10.4. The van der Waals surface area contributed by atoms with Crippen LogP contribution in [0.3, 0.4) is 0 Å². The Labute approximate surface area is 280 Å². The van der Waals surface area contributed by atoms with E-state index in [-0.39, 0.29) is 11.6 Å². The summed E-state index contributed by atoms with van der Waals surface area (Å²) in [5.74, 6) is -0.919. The molecule has 1 aromatic heterocycles. The van der Waals surface area contributed by atoms with Crippen LogP contribution < -0.4 is 20.7 Å².